The molecule has 0 bridgehead atoms. The van der Waals surface area contributed by atoms with Gasteiger partial charge in [-0.2, -0.15) is 0 Å². The van der Waals surface area contributed by atoms with E-state index in [0.29, 0.717) is 17.0 Å². The molecule has 2 fully saturated rings. The van der Waals surface area contributed by atoms with Crippen molar-refractivity contribution in [1.82, 2.24) is 0 Å². The fourth-order valence-electron chi connectivity index (χ4n) is 2.56. The standard InChI is InChI=1S/C9H13BrO/c10-5-8(11)9-6-3-1-2-4-7(6)9/h6-7,9H,1-5H2. The molecule has 0 saturated heterocycles. The van der Waals surface area contributed by atoms with Crippen LogP contribution < -0.4 is 0 Å². The number of carbonyl (C=O) groups is 1. The lowest BCUT2D eigenvalue weighted by molar-refractivity contribution is -0.118. The number of halogens is 1. The van der Waals surface area contributed by atoms with Crippen LogP contribution >= 0.6 is 15.9 Å². The zero-order valence-electron chi connectivity index (χ0n) is 6.55. The van der Waals surface area contributed by atoms with Gasteiger partial charge in [0, 0.05) is 5.92 Å². The van der Waals surface area contributed by atoms with Gasteiger partial charge in [0.25, 0.3) is 0 Å². The Morgan fingerprint density at radius 2 is 1.82 bits per heavy atom. The molecule has 0 aliphatic heterocycles. The van der Waals surface area contributed by atoms with Gasteiger partial charge in [-0.05, 0) is 24.7 Å². The highest BCUT2D eigenvalue weighted by atomic mass is 79.9. The molecule has 2 aliphatic rings. The molecule has 0 amide bonds. The Morgan fingerprint density at radius 1 is 1.27 bits per heavy atom. The lowest BCUT2D eigenvalue weighted by Crippen LogP contribution is -2.03. The molecule has 2 aliphatic carbocycles. The number of hydrogen-bond donors (Lipinski definition) is 0. The fraction of sp³-hybridized carbons (Fsp3) is 0.889. The molecule has 2 atom stereocenters. The van der Waals surface area contributed by atoms with Gasteiger partial charge in [-0.3, -0.25) is 4.79 Å². The van der Waals surface area contributed by atoms with Crippen molar-refractivity contribution in [1.29, 1.82) is 0 Å². The molecule has 0 aromatic heterocycles. The van der Waals surface area contributed by atoms with Gasteiger partial charge in [0.1, 0.15) is 5.78 Å². The summed E-state index contributed by atoms with van der Waals surface area (Å²) in [6.07, 6.45) is 5.34. The average Bonchev–Trinajstić information content (AvgIpc) is 2.77. The van der Waals surface area contributed by atoms with Crippen molar-refractivity contribution in [2.45, 2.75) is 25.7 Å². The minimum atomic E-state index is 0.446. The summed E-state index contributed by atoms with van der Waals surface area (Å²) in [5, 5.41) is 0.574. The Labute approximate surface area is 75.7 Å². The van der Waals surface area contributed by atoms with Crippen LogP contribution in [0.3, 0.4) is 0 Å². The largest absolute Gasteiger partial charge is 0.298 e. The van der Waals surface area contributed by atoms with Gasteiger partial charge in [0.15, 0.2) is 0 Å². The van der Waals surface area contributed by atoms with Crippen LogP contribution in [0.4, 0.5) is 0 Å². The Balaban J connectivity index is 1.94. The van der Waals surface area contributed by atoms with Crippen LogP contribution in [-0.2, 0) is 4.79 Å². The summed E-state index contributed by atoms with van der Waals surface area (Å²) < 4.78 is 0. The molecule has 2 heteroatoms. The number of fused-ring (bicyclic) bond motifs is 1. The molecule has 0 spiro atoms. The van der Waals surface area contributed by atoms with Crippen LogP contribution in [0.2, 0.25) is 0 Å². The van der Waals surface area contributed by atoms with Crippen LogP contribution in [0.5, 0.6) is 0 Å². The molecule has 2 unspecified atom stereocenters. The van der Waals surface area contributed by atoms with Gasteiger partial charge in [0.2, 0.25) is 0 Å². The van der Waals surface area contributed by atoms with Crippen LogP contribution in [0.15, 0.2) is 0 Å². The minimum Gasteiger partial charge on any atom is -0.298 e. The molecule has 0 radical (unpaired) electrons. The summed E-state index contributed by atoms with van der Waals surface area (Å²) in [4.78, 5) is 11.3. The number of ketones is 1. The lowest BCUT2D eigenvalue weighted by atomic mass is 10.0. The second kappa shape index (κ2) is 2.89. The monoisotopic (exact) mass is 216 g/mol. The first kappa shape index (κ1) is 7.78. The Kier molecular flexibility index (Phi) is 2.04. The minimum absolute atomic E-state index is 0.446. The van der Waals surface area contributed by atoms with Gasteiger partial charge < -0.3 is 0 Å². The van der Waals surface area contributed by atoms with Crippen molar-refractivity contribution in [3.8, 4) is 0 Å². The van der Waals surface area contributed by atoms with Crippen molar-refractivity contribution < 1.29 is 4.79 Å². The molecule has 2 saturated carbocycles. The third-order valence-electron chi connectivity index (χ3n) is 3.16. The van der Waals surface area contributed by atoms with E-state index in [1.165, 1.54) is 25.7 Å². The summed E-state index contributed by atoms with van der Waals surface area (Å²) in [7, 11) is 0. The van der Waals surface area contributed by atoms with Gasteiger partial charge in [-0.1, -0.05) is 28.8 Å². The number of rotatable bonds is 2. The highest BCUT2D eigenvalue weighted by molar-refractivity contribution is 9.09. The van der Waals surface area contributed by atoms with E-state index >= 15 is 0 Å². The quantitative estimate of drug-likeness (QED) is 0.649. The van der Waals surface area contributed by atoms with E-state index in [9.17, 15) is 4.79 Å². The molecule has 11 heavy (non-hydrogen) atoms. The first-order valence-electron chi connectivity index (χ1n) is 4.43. The zero-order chi connectivity index (χ0) is 7.84. The van der Waals surface area contributed by atoms with Crippen molar-refractivity contribution in [3.05, 3.63) is 0 Å². The third kappa shape index (κ3) is 1.26. The van der Waals surface area contributed by atoms with Crippen LogP contribution in [0, 0.1) is 17.8 Å². The Morgan fingerprint density at radius 3 is 2.27 bits per heavy atom. The number of hydrogen-bond acceptors (Lipinski definition) is 1. The summed E-state index contributed by atoms with van der Waals surface area (Å²) in [5.74, 6) is 2.47. The predicted octanol–water partition coefficient (Wildman–Crippen LogP) is 2.39. The fourth-order valence-corrected chi connectivity index (χ4v) is 2.93. The summed E-state index contributed by atoms with van der Waals surface area (Å²) in [6.45, 7) is 0. The Hall–Kier alpha value is 0.150. The van der Waals surface area contributed by atoms with Gasteiger partial charge in [-0.25, -0.2) is 0 Å². The lowest BCUT2D eigenvalue weighted by Gasteiger charge is -2.04. The molecule has 0 aromatic rings. The van der Waals surface area contributed by atoms with Crippen molar-refractivity contribution in [2.24, 2.45) is 17.8 Å². The topological polar surface area (TPSA) is 17.1 Å². The molecular weight excluding hydrogens is 204 g/mol. The SMILES string of the molecule is O=C(CBr)C1C2CCCCC21. The maximum Gasteiger partial charge on any atom is 0.147 e. The van der Waals surface area contributed by atoms with Gasteiger partial charge in [0.05, 0.1) is 5.33 Å². The summed E-state index contributed by atoms with van der Waals surface area (Å²) in [5.41, 5.74) is 0. The highest BCUT2D eigenvalue weighted by Gasteiger charge is 2.53. The highest BCUT2D eigenvalue weighted by Crippen LogP contribution is 2.55. The first-order valence-corrected chi connectivity index (χ1v) is 5.55. The molecule has 1 nitrogen and oxygen atoms in total. The summed E-state index contributed by atoms with van der Waals surface area (Å²) in [6, 6.07) is 0. The van der Waals surface area contributed by atoms with E-state index in [2.05, 4.69) is 15.9 Å². The third-order valence-corrected chi connectivity index (χ3v) is 3.71. The average molecular weight is 217 g/mol. The van der Waals surface area contributed by atoms with Crippen molar-refractivity contribution >= 4 is 21.7 Å². The second-order valence-electron chi connectivity index (χ2n) is 3.74. The first-order chi connectivity index (χ1) is 5.34. The molecule has 62 valence electrons. The van der Waals surface area contributed by atoms with Gasteiger partial charge in [-0.15, -0.1) is 0 Å². The van der Waals surface area contributed by atoms with E-state index in [0.717, 1.165) is 11.8 Å². The molecule has 0 N–H and O–H groups in total. The Bertz CT molecular complexity index is 166. The van der Waals surface area contributed by atoms with E-state index < -0.39 is 0 Å². The molecule has 0 heterocycles. The molecule has 0 aromatic carbocycles. The van der Waals surface area contributed by atoms with Crippen molar-refractivity contribution in [2.75, 3.05) is 5.33 Å². The number of carbonyl (C=O) groups excluding carboxylic acids is 1. The molecular formula is C9H13BrO. The van der Waals surface area contributed by atoms with E-state index in [4.69, 9.17) is 0 Å². The number of Topliss-reactive ketones (excluding diaryl/α,β-unsaturated/α-hetero) is 1. The maximum atomic E-state index is 11.3. The second-order valence-corrected chi connectivity index (χ2v) is 4.30. The predicted molar refractivity (Wildman–Crippen MR) is 47.7 cm³/mol. The zero-order valence-corrected chi connectivity index (χ0v) is 8.14. The summed E-state index contributed by atoms with van der Waals surface area (Å²) >= 11 is 3.24. The smallest absolute Gasteiger partial charge is 0.147 e. The van der Waals surface area contributed by atoms with E-state index in [1.807, 2.05) is 0 Å². The number of alkyl halides is 1. The van der Waals surface area contributed by atoms with Crippen LogP contribution in [-0.4, -0.2) is 11.1 Å². The van der Waals surface area contributed by atoms with Gasteiger partial charge >= 0.3 is 0 Å². The van der Waals surface area contributed by atoms with Crippen molar-refractivity contribution in [3.63, 3.8) is 0 Å². The van der Waals surface area contributed by atoms with E-state index in [1.54, 1.807) is 0 Å². The normalized spacial score (nSPS) is 41.4. The van der Waals surface area contributed by atoms with E-state index in [-0.39, 0.29) is 0 Å². The maximum absolute atomic E-state index is 11.3. The molecule has 2 rings (SSSR count). The van der Waals surface area contributed by atoms with Crippen LogP contribution in [0.1, 0.15) is 25.7 Å². The van der Waals surface area contributed by atoms with Crippen LogP contribution in [0.25, 0.3) is 0 Å².